The maximum Gasteiger partial charge on any atom is 0.387 e. The molecule has 2 amide bonds. The zero-order chi connectivity index (χ0) is 19.4. The summed E-state index contributed by atoms with van der Waals surface area (Å²) in [4.78, 5) is 31.8. The van der Waals surface area contributed by atoms with Crippen LogP contribution in [0.1, 0.15) is 24.1 Å². The number of benzene rings is 1. The molecular formula is C18H19F2N3O3S. The minimum absolute atomic E-state index is 0.0682. The van der Waals surface area contributed by atoms with E-state index in [1.807, 2.05) is 0 Å². The van der Waals surface area contributed by atoms with Crippen molar-refractivity contribution in [3.8, 4) is 5.75 Å². The van der Waals surface area contributed by atoms with Crippen LogP contribution in [0.3, 0.4) is 0 Å². The quantitative estimate of drug-likeness (QED) is 0.723. The van der Waals surface area contributed by atoms with Gasteiger partial charge in [0.05, 0.1) is 12.1 Å². The molecular weight excluding hydrogens is 376 g/mol. The highest BCUT2D eigenvalue weighted by atomic mass is 32.1. The van der Waals surface area contributed by atoms with Crippen LogP contribution in [-0.2, 0) is 22.6 Å². The predicted octanol–water partition coefficient (Wildman–Crippen LogP) is 3.07. The Labute approximate surface area is 159 Å². The molecule has 3 rings (SSSR count). The maximum absolute atomic E-state index is 12.4. The van der Waals surface area contributed by atoms with Crippen LogP contribution < -0.4 is 9.64 Å². The molecule has 2 heterocycles. The first-order valence-electron chi connectivity index (χ1n) is 8.45. The molecule has 0 unspecified atom stereocenters. The second-order valence-corrected chi connectivity index (χ2v) is 7.06. The van der Waals surface area contributed by atoms with Crippen molar-refractivity contribution in [2.75, 3.05) is 18.5 Å². The van der Waals surface area contributed by atoms with Crippen molar-refractivity contribution in [1.82, 2.24) is 9.88 Å². The summed E-state index contributed by atoms with van der Waals surface area (Å²) >= 11 is 1.36. The molecule has 27 heavy (non-hydrogen) atoms. The molecule has 0 atom stereocenters. The molecule has 144 valence electrons. The van der Waals surface area contributed by atoms with E-state index in [4.69, 9.17) is 0 Å². The molecule has 0 N–H and O–H groups in total. The number of nitrogens with zero attached hydrogens (tertiary/aromatic N) is 3. The van der Waals surface area contributed by atoms with Crippen LogP contribution >= 0.6 is 11.3 Å². The van der Waals surface area contributed by atoms with Crippen molar-refractivity contribution in [1.29, 1.82) is 0 Å². The normalized spacial score (nSPS) is 14.1. The van der Waals surface area contributed by atoms with Gasteiger partial charge in [-0.15, -0.1) is 11.3 Å². The third kappa shape index (κ3) is 5.00. The Morgan fingerprint density at radius 1 is 1.37 bits per heavy atom. The van der Waals surface area contributed by atoms with Gasteiger partial charge < -0.3 is 9.64 Å². The molecule has 1 aromatic carbocycles. The van der Waals surface area contributed by atoms with Gasteiger partial charge in [0.2, 0.25) is 11.8 Å². The van der Waals surface area contributed by atoms with E-state index in [9.17, 15) is 18.4 Å². The van der Waals surface area contributed by atoms with E-state index in [0.717, 1.165) is 12.0 Å². The lowest BCUT2D eigenvalue weighted by atomic mass is 10.2. The number of carbonyl (C=O) groups excluding carboxylic acids is 2. The van der Waals surface area contributed by atoms with Gasteiger partial charge in [0.25, 0.3) is 0 Å². The van der Waals surface area contributed by atoms with Gasteiger partial charge in [0, 0.05) is 31.9 Å². The highest BCUT2D eigenvalue weighted by Crippen LogP contribution is 2.25. The number of alkyl halides is 2. The van der Waals surface area contributed by atoms with Gasteiger partial charge in [0.1, 0.15) is 5.75 Å². The number of amides is 2. The van der Waals surface area contributed by atoms with Gasteiger partial charge in [-0.3, -0.25) is 14.5 Å². The van der Waals surface area contributed by atoms with Crippen molar-refractivity contribution in [3.05, 3.63) is 40.9 Å². The van der Waals surface area contributed by atoms with E-state index in [1.54, 1.807) is 34.4 Å². The van der Waals surface area contributed by atoms with E-state index in [0.29, 0.717) is 30.3 Å². The standard InChI is InChI=1S/C18H19F2N3O3S/c1-22(10-12-4-6-14(7-5-12)26-17(19)20)16(25)9-13-11-27-18(21-13)23-8-2-3-15(23)24/h4-7,11,17H,2-3,8-10H2,1H3. The van der Waals surface area contributed by atoms with E-state index in [-0.39, 0.29) is 24.0 Å². The number of ether oxygens (including phenoxy) is 1. The summed E-state index contributed by atoms with van der Waals surface area (Å²) in [5.74, 6) is 0.0281. The Balaban J connectivity index is 1.54. The van der Waals surface area contributed by atoms with Crippen LogP contribution in [0.25, 0.3) is 0 Å². The molecule has 1 aliphatic heterocycles. The third-order valence-corrected chi connectivity index (χ3v) is 5.08. The van der Waals surface area contributed by atoms with Gasteiger partial charge in [-0.25, -0.2) is 4.98 Å². The van der Waals surface area contributed by atoms with Crippen molar-refractivity contribution >= 4 is 28.3 Å². The highest BCUT2D eigenvalue weighted by molar-refractivity contribution is 7.14. The lowest BCUT2D eigenvalue weighted by Gasteiger charge is -2.17. The highest BCUT2D eigenvalue weighted by Gasteiger charge is 2.24. The van der Waals surface area contributed by atoms with Gasteiger partial charge in [-0.05, 0) is 24.1 Å². The number of hydrogen-bond acceptors (Lipinski definition) is 5. The summed E-state index contributed by atoms with van der Waals surface area (Å²) in [7, 11) is 1.67. The van der Waals surface area contributed by atoms with Crippen LogP contribution in [-0.4, -0.2) is 41.9 Å². The van der Waals surface area contributed by atoms with Crippen molar-refractivity contribution in [2.24, 2.45) is 0 Å². The van der Waals surface area contributed by atoms with Crippen LogP contribution in [0, 0.1) is 0 Å². The Morgan fingerprint density at radius 3 is 2.74 bits per heavy atom. The largest absolute Gasteiger partial charge is 0.435 e. The molecule has 2 aromatic rings. The number of carbonyl (C=O) groups is 2. The molecule has 0 aliphatic carbocycles. The average Bonchev–Trinajstić information content (AvgIpc) is 3.24. The molecule has 6 nitrogen and oxygen atoms in total. The SMILES string of the molecule is CN(Cc1ccc(OC(F)F)cc1)C(=O)Cc1csc(N2CCCC2=O)n1. The first-order chi connectivity index (χ1) is 12.9. The average molecular weight is 395 g/mol. The predicted molar refractivity (Wildman–Crippen MR) is 97.0 cm³/mol. The summed E-state index contributed by atoms with van der Waals surface area (Å²) in [6.45, 7) is -1.85. The molecule has 9 heteroatoms. The van der Waals surface area contributed by atoms with Gasteiger partial charge >= 0.3 is 6.61 Å². The summed E-state index contributed by atoms with van der Waals surface area (Å²) < 4.78 is 28.6. The number of rotatable bonds is 7. The van der Waals surface area contributed by atoms with Crippen molar-refractivity contribution in [2.45, 2.75) is 32.4 Å². The summed E-state index contributed by atoms with van der Waals surface area (Å²) in [5, 5.41) is 2.43. The molecule has 1 saturated heterocycles. The van der Waals surface area contributed by atoms with Gasteiger partial charge in [0.15, 0.2) is 5.13 Å². The summed E-state index contributed by atoms with van der Waals surface area (Å²) in [6.07, 6.45) is 1.51. The second kappa shape index (κ2) is 8.43. The molecule has 1 aromatic heterocycles. The Bertz CT molecular complexity index is 810. The second-order valence-electron chi connectivity index (χ2n) is 6.22. The van der Waals surface area contributed by atoms with E-state index < -0.39 is 6.61 Å². The summed E-state index contributed by atoms with van der Waals surface area (Å²) in [5.41, 5.74) is 1.43. The zero-order valence-corrected chi connectivity index (χ0v) is 15.5. The fourth-order valence-electron chi connectivity index (χ4n) is 2.78. The molecule has 1 fully saturated rings. The molecule has 0 radical (unpaired) electrons. The topological polar surface area (TPSA) is 62.7 Å². The van der Waals surface area contributed by atoms with Crippen LogP contribution in [0.2, 0.25) is 0 Å². The van der Waals surface area contributed by atoms with Crippen LogP contribution in [0.15, 0.2) is 29.6 Å². The number of hydrogen-bond donors (Lipinski definition) is 0. The third-order valence-electron chi connectivity index (χ3n) is 4.17. The molecule has 0 spiro atoms. The smallest absolute Gasteiger partial charge is 0.387 e. The lowest BCUT2D eigenvalue weighted by Crippen LogP contribution is -2.28. The first kappa shape index (κ1) is 19.2. The number of halogens is 2. The number of likely N-dealkylation sites (N-methyl/N-ethyl adjacent to an activating group) is 1. The Hall–Kier alpha value is -2.55. The van der Waals surface area contributed by atoms with E-state index in [2.05, 4.69) is 9.72 Å². The number of thiazole rings is 1. The number of anilines is 1. The lowest BCUT2D eigenvalue weighted by molar-refractivity contribution is -0.129. The van der Waals surface area contributed by atoms with E-state index in [1.165, 1.54) is 23.5 Å². The maximum atomic E-state index is 12.4. The molecule has 1 aliphatic rings. The minimum atomic E-state index is -2.86. The van der Waals surface area contributed by atoms with Gasteiger partial charge in [-0.1, -0.05) is 12.1 Å². The van der Waals surface area contributed by atoms with E-state index >= 15 is 0 Å². The molecule has 0 bridgehead atoms. The Kier molecular flexibility index (Phi) is 6.00. The Morgan fingerprint density at radius 2 is 2.11 bits per heavy atom. The fraction of sp³-hybridized carbons (Fsp3) is 0.389. The minimum Gasteiger partial charge on any atom is -0.435 e. The summed E-state index contributed by atoms with van der Waals surface area (Å²) in [6, 6.07) is 6.17. The van der Waals surface area contributed by atoms with Crippen molar-refractivity contribution < 1.29 is 23.1 Å². The van der Waals surface area contributed by atoms with Crippen LogP contribution in [0.5, 0.6) is 5.75 Å². The van der Waals surface area contributed by atoms with Gasteiger partial charge in [-0.2, -0.15) is 8.78 Å². The fourth-order valence-corrected chi connectivity index (χ4v) is 3.65. The monoisotopic (exact) mass is 395 g/mol. The van der Waals surface area contributed by atoms with Crippen LogP contribution in [0.4, 0.5) is 13.9 Å². The van der Waals surface area contributed by atoms with Crippen molar-refractivity contribution in [3.63, 3.8) is 0 Å². The first-order valence-corrected chi connectivity index (χ1v) is 9.33. The zero-order valence-electron chi connectivity index (χ0n) is 14.7. The molecule has 0 saturated carbocycles. The number of aromatic nitrogens is 1.